The van der Waals surface area contributed by atoms with Crippen LogP contribution in [0.5, 0.6) is 0 Å². The van der Waals surface area contributed by atoms with E-state index < -0.39 is 22.9 Å². The number of carbonyl (C=O) groups excluding carboxylic acids is 2. The molecule has 1 amide bonds. The predicted octanol–water partition coefficient (Wildman–Crippen LogP) is 3.51. The van der Waals surface area contributed by atoms with Crippen LogP contribution >= 0.6 is 0 Å². The molecule has 3 heterocycles. The topological polar surface area (TPSA) is 120 Å². The molecule has 1 aliphatic carbocycles. The smallest absolute Gasteiger partial charge is 0.407 e. The van der Waals surface area contributed by atoms with Crippen molar-refractivity contribution in [3.8, 4) is 0 Å². The van der Waals surface area contributed by atoms with Gasteiger partial charge in [-0.3, -0.25) is 18.7 Å². The highest BCUT2D eigenvalue weighted by atomic mass is 16.6. The first-order valence-electron chi connectivity index (χ1n) is 14.5. The van der Waals surface area contributed by atoms with E-state index in [0.717, 1.165) is 55.1 Å². The van der Waals surface area contributed by atoms with E-state index >= 15 is 0 Å². The summed E-state index contributed by atoms with van der Waals surface area (Å²) in [6, 6.07) is -0.158. The van der Waals surface area contributed by atoms with Crippen LogP contribution in [0.25, 0.3) is 11.2 Å². The van der Waals surface area contributed by atoms with Crippen LogP contribution in [0, 0.1) is 5.92 Å². The molecule has 2 aromatic rings. The van der Waals surface area contributed by atoms with Crippen molar-refractivity contribution >= 4 is 29.0 Å². The van der Waals surface area contributed by atoms with E-state index in [1.54, 1.807) is 7.05 Å². The molecule has 1 saturated heterocycles. The minimum atomic E-state index is -0.597. The van der Waals surface area contributed by atoms with Gasteiger partial charge in [0, 0.05) is 38.6 Å². The molecule has 1 atom stereocenters. The van der Waals surface area contributed by atoms with Crippen LogP contribution in [0.3, 0.4) is 0 Å². The molecule has 1 saturated carbocycles. The Morgan fingerprint density at radius 3 is 2.40 bits per heavy atom. The molecule has 220 valence electrons. The summed E-state index contributed by atoms with van der Waals surface area (Å²) in [7, 11) is 1.59. The maximum absolute atomic E-state index is 13.8. The fourth-order valence-electron chi connectivity index (χ4n) is 5.65. The molecule has 11 heteroatoms. The molecule has 11 nitrogen and oxygen atoms in total. The average molecular weight is 557 g/mol. The summed E-state index contributed by atoms with van der Waals surface area (Å²) in [5.74, 6) is 0.405. The second-order valence-electron chi connectivity index (χ2n) is 12.4. The van der Waals surface area contributed by atoms with Crippen LogP contribution in [-0.4, -0.2) is 55.3 Å². The van der Waals surface area contributed by atoms with Gasteiger partial charge in [-0.25, -0.2) is 9.59 Å². The summed E-state index contributed by atoms with van der Waals surface area (Å²) >= 11 is 0. The Morgan fingerprint density at radius 2 is 1.75 bits per heavy atom. The van der Waals surface area contributed by atoms with Crippen LogP contribution in [0.1, 0.15) is 79.6 Å². The highest BCUT2D eigenvalue weighted by Crippen LogP contribution is 2.26. The summed E-state index contributed by atoms with van der Waals surface area (Å²) in [5.41, 5.74) is 0.0316. The number of alkyl carbamates (subject to hydrolysis) is 1. The monoisotopic (exact) mass is 556 g/mol. The number of aromatic nitrogens is 4. The molecule has 0 aromatic carbocycles. The van der Waals surface area contributed by atoms with Crippen LogP contribution in [0.4, 0.5) is 10.7 Å². The number of fused-ring (bicyclic) bond motifs is 1. The number of anilines is 1. The molecule has 2 fully saturated rings. The molecule has 0 bridgehead atoms. The van der Waals surface area contributed by atoms with Crippen LogP contribution < -0.4 is 21.5 Å². The van der Waals surface area contributed by atoms with Crippen LogP contribution in [0.2, 0.25) is 0 Å². The molecular weight excluding hydrogens is 512 g/mol. The third kappa shape index (κ3) is 6.67. The normalized spacial score (nSPS) is 18.6. The van der Waals surface area contributed by atoms with Gasteiger partial charge in [0.15, 0.2) is 16.9 Å². The second-order valence-corrected chi connectivity index (χ2v) is 12.4. The molecular formula is C29H44N6O5. The van der Waals surface area contributed by atoms with Gasteiger partial charge in [-0.15, -0.1) is 0 Å². The molecule has 1 aliphatic heterocycles. The van der Waals surface area contributed by atoms with Crippen molar-refractivity contribution in [2.45, 2.75) is 104 Å². The molecule has 0 radical (unpaired) electrons. The van der Waals surface area contributed by atoms with Gasteiger partial charge >= 0.3 is 11.8 Å². The standard InChI is InChI=1S/C29H44N6O5/c1-19(2)14-16-34-23-24(31-26(34)33-15-10-13-21(17-33)30-27(38)40-29(3,4)5)32(6)28(39)35(25(23)37)18-22(36)20-11-8-7-9-12-20/h14,20-21H,7-13,15-18H2,1-6H3,(H,30,38). The Bertz CT molecular complexity index is 1400. The summed E-state index contributed by atoms with van der Waals surface area (Å²) in [5, 5.41) is 2.96. The summed E-state index contributed by atoms with van der Waals surface area (Å²) in [4.78, 5) is 59.5. The fraction of sp³-hybridized carbons (Fsp3) is 0.690. The van der Waals surface area contributed by atoms with Gasteiger partial charge in [0.1, 0.15) is 5.60 Å². The lowest BCUT2D eigenvalue weighted by atomic mass is 9.86. The number of aryl methyl sites for hydroxylation is 1. The number of ketones is 1. The number of amides is 1. The van der Waals surface area contributed by atoms with E-state index in [4.69, 9.17) is 9.72 Å². The van der Waals surface area contributed by atoms with Crippen molar-refractivity contribution in [3.05, 3.63) is 32.5 Å². The van der Waals surface area contributed by atoms with Crippen molar-refractivity contribution in [1.29, 1.82) is 0 Å². The number of nitrogens with zero attached hydrogens (tertiary/aromatic N) is 5. The van der Waals surface area contributed by atoms with Crippen molar-refractivity contribution in [2.24, 2.45) is 13.0 Å². The van der Waals surface area contributed by atoms with Crippen molar-refractivity contribution in [1.82, 2.24) is 24.0 Å². The maximum atomic E-state index is 13.8. The Morgan fingerprint density at radius 1 is 1.05 bits per heavy atom. The lowest BCUT2D eigenvalue weighted by Gasteiger charge is -2.34. The molecule has 1 N–H and O–H groups in total. The fourth-order valence-corrected chi connectivity index (χ4v) is 5.65. The van der Waals surface area contributed by atoms with Gasteiger partial charge in [-0.05, 0) is 60.3 Å². The highest BCUT2D eigenvalue weighted by Gasteiger charge is 2.30. The number of rotatable bonds is 7. The molecule has 40 heavy (non-hydrogen) atoms. The van der Waals surface area contributed by atoms with Crippen molar-refractivity contribution in [2.75, 3.05) is 18.0 Å². The van der Waals surface area contributed by atoms with E-state index in [2.05, 4.69) is 5.32 Å². The SMILES string of the molecule is CC(C)=CCn1c(N2CCCC(NC(=O)OC(C)(C)C)C2)nc2c1c(=O)n(CC(=O)C1CCCCC1)c(=O)n2C. The van der Waals surface area contributed by atoms with Crippen molar-refractivity contribution in [3.63, 3.8) is 0 Å². The van der Waals surface area contributed by atoms with E-state index in [9.17, 15) is 19.2 Å². The van der Waals surface area contributed by atoms with E-state index in [1.807, 2.05) is 50.2 Å². The first-order chi connectivity index (χ1) is 18.9. The molecule has 4 rings (SSSR count). The maximum Gasteiger partial charge on any atom is 0.407 e. The first kappa shape index (κ1) is 29.6. The number of ether oxygens (including phenoxy) is 1. The van der Waals surface area contributed by atoms with Gasteiger partial charge in [0.2, 0.25) is 5.95 Å². The largest absolute Gasteiger partial charge is 0.444 e. The summed E-state index contributed by atoms with van der Waals surface area (Å²) in [6.45, 7) is 10.8. The summed E-state index contributed by atoms with van der Waals surface area (Å²) < 4.78 is 9.72. The Labute approximate surface area is 235 Å². The number of allylic oxidation sites excluding steroid dienone is 2. The van der Waals surface area contributed by atoms with Gasteiger partial charge in [0.05, 0.1) is 6.54 Å². The molecule has 1 unspecified atom stereocenters. The van der Waals surface area contributed by atoms with Gasteiger partial charge in [-0.1, -0.05) is 30.9 Å². The number of nitrogens with one attached hydrogen (secondary N) is 1. The van der Waals surface area contributed by atoms with Gasteiger partial charge in [-0.2, -0.15) is 4.98 Å². The van der Waals surface area contributed by atoms with E-state index in [0.29, 0.717) is 31.1 Å². The number of piperidine rings is 1. The zero-order valence-corrected chi connectivity index (χ0v) is 24.8. The lowest BCUT2D eigenvalue weighted by Crippen LogP contribution is -2.49. The van der Waals surface area contributed by atoms with Gasteiger partial charge in [0.25, 0.3) is 5.56 Å². The minimum absolute atomic E-state index is 0.0547. The minimum Gasteiger partial charge on any atom is -0.444 e. The van der Waals surface area contributed by atoms with Crippen LogP contribution in [-0.2, 0) is 29.7 Å². The van der Waals surface area contributed by atoms with Gasteiger partial charge < -0.3 is 19.5 Å². The number of carbonyl (C=O) groups is 2. The molecule has 0 spiro atoms. The Kier molecular flexibility index (Phi) is 8.90. The second kappa shape index (κ2) is 12.0. The lowest BCUT2D eigenvalue weighted by molar-refractivity contribution is -0.124. The number of imidazole rings is 1. The Balaban J connectivity index is 1.72. The third-order valence-corrected chi connectivity index (χ3v) is 7.69. The van der Waals surface area contributed by atoms with Crippen molar-refractivity contribution < 1.29 is 14.3 Å². The third-order valence-electron chi connectivity index (χ3n) is 7.69. The molecule has 2 aliphatic rings. The van der Waals surface area contributed by atoms with E-state index in [1.165, 1.54) is 4.57 Å². The number of hydrogen-bond acceptors (Lipinski definition) is 7. The quantitative estimate of drug-likeness (QED) is 0.518. The summed E-state index contributed by atoms with van der Waals surface area (Å²) in [6.07, 6.45) is 7.89. The highest BCUT2D eigenvalue weighted by molar-refractivity contribution is 5.81. The average Bonchev–Trinajstić information content (AvgIpc) is 3.28. The van der Waals surface area contributed by atoms with E-state index in [-0.39, 0.29) is 29.9 Å². The number of Topliss-reactive ketones (excluding diaryl/α,β-unsaturated/α-hetero) is 1. The number of hydrogen-bond donors (Lipinski definition) is 1. The Hall–Kier alpha value is -3.37. The zero-order valence-electron chi connectivity index (χ0n) is 24.8. The molecule has 2 aromatic heterocycles. The zero-order chi connectivity index (χ0) is 29.2. The first-order valence-corrected chi connectivity index (χ1v) is 14.5. The predicted molar refractivity (Wildman–Crippen MR) is 155 cm³/mol. The van der Waals surface area contributed by atoms with Crippen LogP contribution in [0.15, 0.2) is 21.2 Å².